The number of carbonyl (C=O) groups excluding carboxylic acids is 1. The molecule has 1 aromatic carbocycles. The van der Waals surface area contributed by atoms with Crippen LogP contribution in [0.3, 0.4) is 0 Å². The van der Waals surface area contributed by atoms with E-state index in [9.17, 15) is 9.59 Å². The summed E-state index contributed by atoms with van der Waals surface area (Å²) in [4.78, 5) is 28.4. The number of carbonyl (C=O) groups is 1. The number of pyridine rings is 1. The second-order valence-corrected chi connectivity index (χ2v) is 4.96. The van der Waals surface area contributed by atoms with Crippen LogP contribution in [0.4, 0.5) is 5.82 Å². The highest BCUT2D eigenvalue weighted by Crippen LogP contribution is 2.07. The number of nitrogens with zero attached hydrogens (tertiary/aromatic N) is 3. The number of rotatable bonds is 3. The van der Waals surface area contributed by atoms with Crippen molar-refractivity contribution in [1.82, 2.24) is 14.8 Å². The number of nitrogens with one attached hydrogen (secondary N) is 1. The van der Waals surface area contributed by atoms with E-state index in [4.69, 9.17) is 0 Å². The molecular formula is C16H14N4O2. The molecule has 22 heavy (non-hydrogen) atoms. The lowest BCUT2D eigenvalue weighted by atomic mass is 10.2. The van der Waals surface area contributed by atoms with Crippen LogP contribution in [0, 0.1) is 6.92 Å². The van der Waals surface area contributed by atoms with Gasteiger partial charge in [-0.25, -0.2) is 9.67 Å². The molecule has 0 spiro atoms. The minimum absolute atomic E-state index is 0.153. The van der Waals surface area contributed by atoms with Crippen molar-refractivity contribution < 1.29 is 4.79 Å². The third-order valence-electron chi connectivity index (χ3n) is 3.24. The van der Waals surface area contributed by atoms with Gasteiger partial charge in [-0.15, -0.1) is 0 Å². The van der Waals surface area contributed by atoms with Crippen LogP contribution in [0.25, 0.3) is 10.8 Å². The summed E-state index contributed by atoms with van der Waals surface area (Å²) in [7, 11) is 0. The van der Waals surface area contributed by atoms with Crippen molar-refractivity contribution in [3.8, 4) is 0 Å². The number of hydrogen-bond donors (Lipinski definition) is 1. The summed E-state index contributed by atoms with van der Waals surface area (Å²) in [5, 5.41) is 7.98. The lowest BCUT2D eigenvalue weighted by Gasteiger charge is -2.07. The Morgan fingerprint density at radius 3 is 2.91 bits per heavy atom. The standard InChI is InChI=1S/C16H14N4O2/c1-11-6-7-17-14(8-11)19-15(21)10-20-16(22)13-5-3-2-4-12(13)9-18-20/h2-9H,10H2,1H3,(H,17,19,21). The number of hydrogen-bond acceptors (Lipinski definition) is 4. The maximum absolute atomic E-state index is 12.3. The van der Waals surface area contributed by atoms with Crippen LogP contribution < -0.4 is 10.9 Å². The molecule has 2 aromatic heterocycles. The summed E-state index contributed by atoms with van der Waals surface area (Å²) in [5.74, 6) is 0.113. The van der Waals surface area contributed by atoms with Crippen LogP contribution in [-0.2, 0) is 11.3 Å². The van der Waals surface area contributed by atoms with Gasteiger partial charge in [0.1, 0.15) is 12.4 Å². The van der Waals surface area contributed by atoms with Gasteiger partial charge in [-0.2, -0.15) is 5.10 Å². The highest BCUT2D eigenvalue weighted by molar-refractivity contribution is 5.89. The average molecular weight is 294 g/mol. The number of aromatic nitrogens is 3. The summed E-state index contributed by atoms with van der Waals surface area (Å²) in [6, 6.07) is 10.7. The number of anilines is 1. The molecule has 110 valence electrons. The summed E-state index contributed by atoms with van der Waals surface area (Å²) in [5.41, 5.74) is 0.705. The summed E-state index contributed by atoms with van der Waals surface area (Å²) in [6.07, 6.45) is 3.19. The van der Waals surface area contributed by atoms with E-state index in [1.807, 2.05) is 25.1 Å². The first-order valence-corrected chi connectivity index (χ1v) is 6.81. The zero-order chi connectivity index (χ0) is 15.5. The van der Waals surface area contributed by atoms with Gasteiger partial charge in [0.25, 0.3) is 5.56 Å². The Labute approximate surface area is 126 Å². The Morgan fingerprint density at radius 1 is 1.27 bits per heavy atom. The van der Waals surface area contributed by atoms with E-state index in [-0.39, 0.29) is 18.0 Å². The van der Waals surface area contributed by atoms with Gasteiger partial charge in [0.2, 0.25) is 5.91 Å². The second-order valence-electron chi connectivity index (χ2n) is 4.96. The largest absolute Gasteiger partial charge is 0.309 e. The molecule has 6 nitrogen and oxygen atoms in total. The number of aryl methyl sites for hydroxylation is 1. The molecule has 0 radical (unpaired) electrons. The van der Waals surface area contributed by atoms with Gasteiger partial charge >= 0.3 is 0 Å². The van der Waals surface area contributed by atoms with Crippen LogP contribution in [-0.4, -0.2) is 20.7 Å². The smallest absolute Gasteiger partial charge is 0.275 e. The molecule has 0 aliphatic heterocycles. The molecule has 1 amide bonds. The van der Waals surface area contributed by atoms with Crippen molar-refractivity contribution in [2.75, 3.05) is 5.32 Å². The molecule has 0 unspecified atom stereocenters. The first-order chi connectivity index (χ1) is 10.6. The number of amides is 1. The van der Waals surface area contributed by atoms with Crippen LogP contribution in [0.15, 0.2) is 53.6 Å². The molecule has 2 heterocycles. The Kier molecular flexibility index (Phi) is 3.65. The summed E-state index contributed by atoms with van der Waals surface area (Å²) < 4.78 is 1.15. The fraction of sp³-hybridized carbons (Fsp3) is 0.125. The van der Waals surface area contributed by atoms with Crippen LogP contribution in [0.5, 0.6) is 0 Å². The molecule has 0 saturated carbocycles. The monoisotopic (exact) mass is 294 g/mol. The van der Waals surface area contributed by atoms with Crippen molar-refractivity contribution >= 4 is 22.5 Å². The fourth-order valence-corrected chi connectivity index (χ4v) is 2.16. The number of benzene rings is 1. The minimum atomic E-state index is -0.344. The maximum atomic E-state index is 12.3. The third kappa shape index (κ3) is 2.85. The van der Waals surface area contributed by atoms with Crippen LogP contribution >= 0.6 is 0 Å². The maximum Gasteiger partial charge on any atom is 0.275 e. The van der Waals surface area contributed by atoms with E-state index in [2.05, 4.69) is 15.4 Å². The van der Waals surface area contributed by atoms with Gasteiger partial charge in [-0.05, 0) is 30.7 Å². The SMILES string of the molecule is Cc1ccnc(NC(=O)Cn2ncc3ccccc3c2=O)c1. The predicted molar refractivity (Wildman–Crippen MR) is 83.6 cm³/mol. The van der Waals surface area contributed by atoms with Crippen molar-refractivity contribution in [3.63, 3.8) is 0 Å². The molecule has 0 aliphatic rings. The van der Waals surface area contributed by atoms with Crippen LogP contribution in [0.2, 0.25) is 0 Å². The van der Waals surface area contributed by atoms with E-state index in [1.54, 1.807) is 30.6 Å². The van der Waals surface area contributed by atoms with Crippen molar-refractivity contribution in [2.45, 2.75) is 13.5 Å². The molecule has 0 aliphatic carbocycles. The Hall–Kier alpha value is -3.02. The van der Waals surface area contributed by atoms with Crippen molar-refractivity contribution in [2.24, 2.45) is 0 Å². The normalized spacial score (nSPS) is 10.6. The molecule has 3 aromatic rings. The first kappa shape index (κ1) is 13.9. The van der Waals surface area contributed by atoms with Crippen molar-refractivity contribution in [3.05, 3.63) is 64.7 Å². The molecule has 0 fully saturated rings. The van der Waals surface area contributed by atoms with Gasteiger partial charge < -0.3 is 5.32 Å². The Balaban J connectivity index is 1.82. The summed E-state index contributed by atoms with van der Waals surface area (Å²) in [6.45, 7) is 1.76. The molecule has 0 saturated heterocycles. The van der Waals surface area contributed by atoms with E-state index in [1.165, 1.54) is 0 Å². The molecule has 1 N–H and O–H groups in total. The van der Waals surface area contributed by atoms with E-state index in [0.29, 0.717) is 11.2 Å². The highest BCUT2D eigenvalue weighted by Gasteiger charge is 2.09. The average Bonchev–Trinajstić information content (AvgIpc) is 2.50. The van der Waals surface area contributed by atoms with Gasteiger partial charge in [0.15, 0.2) is 0 Å². The van der Waals surface area contributed by atoms with Gasteiger partial charge in [0, 0.05) is 11.6 Å². The summed E-state index contributed by atoms with van der Waals surface area (Å²) >= 11 is 0. The topological polar surface area (TPSA) is 76.9 Å². The Morgan fingerprint density at radius 2 is 2.09 bits per heavy atom. The molecular weight excluding hydrogens is 280 g/mol. The van der Waals surface area contributed by atoms with Crippen LogP contribution in [0.1, 0.15) is 5.56 Å². The zero-order valence-electron chi connectivity index (χ0n) is 12.0. The number of fused-ring (bicyclic) bond motifs is 1. The van der Waals surface area contributed by atoms with Crippen molar-refractivity contribution in [1.29, 1.82) is 0 Å². The minimum Gasteiger partial charge on any atom is -0.309 e. The first-order valence-electron chi connectivity index (χ1n) is 6.81. The molecule has 3 rings (SSSR count). The van der Waals surface area contributed by atoms with E-state index in [0.717, 1.165) is 15.6 Å². The Bertz CT molecular complexity index is 902. The third-order valence-corrected chi connectivity index (χ3v) is 3.24. The van der Waals surface area contributed by atoms with E-state index < -0.39 is 0 Å². The predicted octanol–water partition coefficient (Wildman–Crippen LogP) is 1.74. The highest BCUT2D eigenvalue weighted by atomic mass is 16.2. The molecule has 6 heteroatoms. The van der Waals surface area contributed by atoms with Gasteiger partial charge in [-0.1, -0.05) is 18.2 Å². The molecule has 0 bridgehead atoms. The lowest BCUT2D eigenvalue weighted by molar-refractivity contribution is -0.117. The van der Waals surface area contributed by atoms with E-state index >= 15 is 0 Å². The second kappa shape index (κ2) is 5.77. The lowest BCUT2D eigenvalue weighted by Crippen LogP contribution is -2.29. The van der Waals surface area contributed by atoms with Gasteiger partial charge in [-0.3, -0.25) is 9.59 Å². The molecule has 0 atom stereocenters. The fourth-order valence-electron chi connectivity index (χ4n) is 2.16. The van der Waals surface area contributed by atoms with Gasteiger partial charge in [0.05, 0.1) is 11.6 Å². The quantitative estimate of drug-likeness (QED) is 0.798. The zero-order valence-corrected chi connectivity index (χ0v) is 12.0.